The largest absolute Gasteiger partial charge is 0.389 e. The Balaban J connectivity index is 1.96. The molecule has 0 saturated heterocycles. The zero-order chi connectivity index (χ0) is 12.1. The molecule has 2 heteroatoms. The summed E-state index contributed by atoms with van der Waals surface area (Å²) in [7, 11) is 0. The Labute approximate surface area is 107 Å². The van der Waals surface area contributed by atoms with Crippen LogP contribution in [0.25, 0.3) is 0 Å². The predicted molar refractivity (Wildman–Crippen MR) is 73.1 cm³/mol. The molecule has 2 aromatic carbocycles. The second-order valence-electron chi connectivity index (χ2n) is 4.02. The first-order valence-corrected chi connectivity index (χ1v) is 6.69. The molecule has 2 aromatic rings. The summed E-state index contributed by atoms with van der Waals surface area (Å²) >= 11 is 1.81. The number of hydrogen-bond donors (Lipinski definition) is 1. The minimum Gasteiger partial charge on any atom is -0.389 e. The van der Waals surface area contributed by atoms with Crippen LogP contribution in [0, 0.1) is 0 Å². The van der Waals surface area contributed by atoms with E-state index in [4.69, 9.17) is 0 Å². The van der Waals surface area contributed by atoms with Gasteiger partial charge in [0.2, 0.25) is 0 Å². The zero-order valence-electron chi connectivity index (χ0n) is 9.84. The van der Waals surface area contributed by atoms with Crippen molar-refractivity contribution in [2.24, 2.45) is 0 Å². The predicted octanol–water partition coefficient (Wildman–Crippen LogP) is 4.03. The molecule has 0 amide bonds. The van der Waals surface area contributed by atoms with Gasteiger partial charge in [0, 0.05) is 10.6 Å². The van der Waals surface area contributed by atoms with Crippen molar-refractivity contribution >= 4 is 11.8 Å². The van der Waals surface area contributed by atoms with E-state index in [1.807, 2.05) is 30.0 Å². The second kappa shape index (κ2) is 5.89. The highest BCUT2D eigenvalue weighted by atomic mass is 32.2. The molecule has 1 nitrogen and oxygen atoms in total. The van der Waals surface area contributed by atoms with Crippen LogP contribution in [0.15, 0.2) is 59.5 Å². The van der Waals surface area contributed by atoms with Crippen molar-refractivity contribution in [2.75, 3.05) is 0 Å². The summed E-state index contributed by atoms with van der Waals surface area (Å²) < 4.78 is 0. The fraction of sp³-hybridized carbons (Fsp3) is 0.200. The lowest BCUT2D eigenvalue weighted by Gasteiger charge is -2.06. The Bertz CT molecular complexity index is 448. The van der Waals surface area contributed by atoms with Gasteiger partial charge in [0.05, 0.1) is 6.10 Å². The molecule has 0 aliphatic heterocycles. The number of hydrogen-bond acceptors (Lipinski definition) is 2. The van der Waals surface area contributed by atoms with Crippen LogP contribution in [-0.4, -0.2) is 5.11 Å². The molecular formula is C15H16OS. The minimum absolute atomic E-state index is 0.386. The molecule has 2 rings (SSSR count). The lowest BCUT2D eigenvalue weighted by molar-refractivity contribution is 0.199. The smallest absolute Gasteiger partial charge is 0.0761 e. The highest BCUT2D eigenvalue weighted by Crippen LogP contribution is 2.24. The molecule has 0 aliphatic carbocycles. The van der Waals surface area contributed by atoms with Gasteiger partial charge in [-0.3, -0.25) is 0 Å². The van der Waals surface area contributed by atoms with E-state index in [1.54, 1.807) is 6.92 Å². The summed E-state index contributed by atoms with van der Waals surface area (Å²) in [5.41, 5.74) is 2.30. The summed E-state index contributed by atoms with van der Waals surface area (Å²) in [6, 6.07) is 18.5. The Kier molecular flexibility index (Phi) is 4.24. The summed E-state index contributed by atoms with van der Waals surface area (Å²) in [5, 5.41) is 9.42. The first-order valence-electron chi connectivity index (χ1n) is 5.70. The molecule has 1 N–H and O–H groups in total. The van der Waals surface area contributed by atoms with Gasteiger partial charge in [-0.05, 0) is 30.2 Å². The average molecular weight is 244 g/mol. The summed E-state index contributed by atoms with van der Waals surface area (Å²) in [5.74, 6) is 0.981. The van der Waals surface area contributed by atoms with Gasteiger partial charge in [-0.2, -0.15) is 0 Å². The molecule has 0 saturated carbocycles. The van der Waals surface area contributed by atoms with Crippen LogP contribution < -0.4 is 0 Å². The topological polar surface area (TPSA) is 20.2 Å². The molecule has 88 valence electrons. The second-order valence-corrected chi connectivity index (χ2v) is 5.07. The van der Waals surface area contributed by atoms with Crippen LogP contribution in [0.5, 0.6) is 0 Å². The number of rotatable bonds is 4. The molecule has 0 bridgehead atoms. The fourth-order valence-electron chi connectivity index (χ4n) is 1.58. The Morgan fingerprint density at radius 3 is 2.24 bits per heavy atom. The Morgan fingerprint density at radius 2 is 1.65 bits per heavy atom. The third-order valence-corrected chi connectivity index (χ3v) is 3.69. The summed E-state index contributed by atoms with van der Waals surface area (Å²) in [4.78, 5) is 1.23. The van der Waals surface area contributed by atoms with Crippen LogP contribution in [0.1, 0.15) is 24.2 Å². The van der Waals surface area contributed by atoms with E-state index < -0.39 is 0 Å². The number of benzene rings is 2. The van der Waals surface area contributed by atoms with Crippen molar-refractivity contribution in [2.45, 2.75) is 23.7 Å². The third-order valence-electron chi connectivity index (χ3n) is 2.61. The lowest BCUT2D eigenvalue weighted by atomic mass is 10.1. The molecular weight excluding hydrogens is 228 g/mol. The van der Waals surface area contributed by atoms with E-state index >= 15 is 0 Å². The molecule has 0 fully saturated rings. The SMILES string of the molecule is C[C@H](O)c1ccc(SCc2ccccc2)cc1. The summed E-state index contributed by atoms with van der Waals surface area (Å²) in [6.45, 7) is 1.78. The molecule has 0 heterocycles. The molecule has 17 heavy (non-hydrogen) atoms. The maximum absolute atomic E-state index is 9.42. The van der Waals surface area contributed by atoms with Gasteiger partial charge >= 0.3 is 0 Å². The first-order chi connectivity index (χ1) is 8.25. The van der Waals surface area contributed by atoms with Crippen molar-refractivity contribution in [1.82, 2.24) is 0 Å². The fourth-order valence-corrected chi connectivity index (χ4v) is 2.44. The van der Waals surface area contributed by atoms with Crippen molar-refractivity contribution in [3.8, 4) is 0 Å². The van der Waals surface area contributed by atoms with Gasteiger partial charge in [0.15, 0.2) is 0 Å². The molecule has 0 spiro atoms. The van der Waals surface area contributed by atoms with E-state index in [0.29, 0.717) is 0 Å². The number of thioether (sulfide) groups is 1. The highest BCUT2D eigenvalue weighted by molar-refractivity contribution is 7.98. The minimum atomic E-state index is -0.386. The van der Waals surface area contributed by atoms with Crippen molar-refractivity contribution in [1.29, 1.82) is 0 Å². The van der Waals surface area contributed by atoms with Crippen LogP contribution in [0.4, 0.5) is 0 Å². The molecule has 0 aromatic heterocycles. The van der Waals surface area contributed by atoms with Gasteiger partial charge in [-0.25, -0.2) is 0 Å². The van der Waals surface area contributed by atoms with Gasteiger partial charge in [0.25, 0.3) is 0 Å². The molecule has 1 atom stereocenters. The number of aliphatic hydroxyl groups is 1. The standard InChI is InChI=1S/C15H16OS/c1-12(16)14-7-9-15(10-8-14)17-11-13-5-3-2-4-6-13/h2-10,12,16H,11H2,1H3/t12-/m0/s1. The maximum atomic E-state index is 9.42. The van der Waals surface area contributed by atoms with Crippen molar-refractivity contribution in [3.05, 3.63) is 65.7 Å². The molecule has 0 unspecified atom stereocenters. The Morgan fingerprint density at radius 1 is 1.00 bits per heavy atom. The maximum Gasteiger partial charge on any atom is 0.0761 e. The molecule has 0 aliphatic rings. The monoisotopic (exact) mass is 244 g/mol. The van der Waals surface area contributed by atoms with Crippen molar-refractivity contribution < 1.29 is 5.11 Å². The van der Waals surface area contributed by atoms with Crippen molar-refractivity contribution in [3.63, 3.8) is 0 Å². The third kappa shape index (κ3) is 3.62. The van der Waals surface area contributed by atoms with Gasteiger partial charge in [0.1, 0.15) is 0 Å². The number of aliphatic hydroxyl groups excluding tert-OH is 1. The van der Waals surface area contributed by atoms with Crippen LogP contribution in [0.2, 0.25) is 0 Å². The average Bonchev–Trinajstić information content (AvgIpc) is 2.38. The van der Waals surface area contributed by atoms with Crippen LogP contribution in [0.3, 0.4) is 0 Å². The van der Waals surface area contributed by atoms with E-state index in [2.05, 4.69) is 36.4 Å². The van der Waals surface area contributed by atoms with E-state index in [1.165, 1.54) is 10.5 Å². The van der Waals surface area contributed by atoms with E-state index in [0.717, 1.165) is 11.3 Å². The highest BCUT2D eigenvalue weighted by Gasteiger charge is 2.00. The lowest BCUT2D eigenvalue weighted by Crippen LogP contribution is -1.89. The van der Waals surface area contributed by atoms with Gasteiger partial charge in [-0.15, -0.1) is 11.8 Å². The van der Waals surface area contributed by atoms with E-state index in [9.17, 15) is 5.11 Å². The zero-order valence-corrected chi connectivity index (χ0v) is 10.7. The Hall–Kier alpha value is -1.25. The first kappa shape index (κ1) is 12.2. The van der Waals surface area contributed by atoms with Crippen LogP contribution in [-0.2, 0) is 5.75 Å². The normalized spacial score (nSPS) is 12.4. The quantitative estimate of drug-likeness (QED) is 0.819. The van der Waals surface area contributed by atoms with Gasteiger partial charge in [-0.1, -0.05) is 42.5 Å². The van der Waals surface area contributed by atoms with Crippen LogP contribution >= 0.6 is 11.8 Å². The van der Waals surface area contributed by atoms with Gasteiger partial charge < -0.3 is 5.11 Å². The van der Waals surface area contributed by atoms with E-state index in [-0.39, 0.29) is 6.10 Å². The molecule has 0 radical (unpaired) electrons. The summed E-state index contributed by atoms with van der Waals surface area (Å²) in [6.07, 6.45) is -0.386.